The average molecular weight is 809 g/mol. The molecule has 0 amide bonds. The van der Waals surface area contributed by atoms with E-state index in [4.69, 9.17) is 4.98 Å². The molecule has 0 unspecified atom stereocenters. The van der Waals surface area contributed by atoms with E-state index in [1.54, 1.807) is 0 Å². The fraction of sp³-hybridized carbons (Fsp3) is 0.161. The summed E-state index contributed by atoms with van der Waals surface area (Å²) in [6.45, 7) is 14.4. The maximum Gasteiger partial charge on any atom is 0.179 e. The lowest BCUT2D eigenvalue weighted by molar-refractivity contribution is 0.588. The smallest absolute Gasteiger partial charge is 0.179 e. The molecule has 0 radical (unpaired) electrons. The van der Waals surface area contributed by atoms with Gasteiger partial charge in [-0.3, -0.25) is 4.57 Å². The minimum absolute atomic E-state index is 0.0152. The summed E-state index contributed by atoms with van der Waals surface area (Å²) >= 11 is 0. The molecule has 0 saturated heterocycles. The zero-order valence-corrected chi connectivity index (χ0v) is 37.0. The first kappa shape index (κ1) is 38.5. The van der Waals surface area contributed by atoms with Gasteiger partial charge in [-0.2, -0.15) is 0 Å². The summed E-state index contributed by atoms with van der Waals surface area (Å²) in [5, 5.41) is 7.80. The van der Waals surface area contributed by atoms with E-state index in [0.29, 0.717) is 6.67 Å². The first-order valence-corrected chi connectivity index (χ1v) is 23.5. The van der Waals surface area contributed by atoms with Crippen LogP contribution < -0.4 is 30.5 Å². The highest BCUT2D eigenvalue weighted by Crippen LogP contribution is 2.44. The number of para-hydroxylation sites is 3. The maximum atomic E-state index is 5.05. The fourth-order valence-corrected chi connectivity index (χ4v) is 14.3. The van der Waals surface area contributed by atoms with Gasteiger partial charge in [0.2, 0.25) is 0 Å². The van der Waals surface area contributed by atoms with Crippen LogP contribution in [0.25, 0.3) is 27.6 Å². The number of anilines is 4. The number of benzene rings is 7. The van der Waals surface area contributed by atoms with Crippen molar-refractivity contribution in [1.29, 1.82) is 0 Å². The first-order chi connectivity index (χ1) is 29.5. The highest BCUT2D eigenvalue weighted by molar-refractivity contribution is 7.20. The van der Waals surface area contributed by atoms with Crippen LogP contribution in [-0.2, 0) is 10.8 Å². The Morgan fingerprint density at radius 2 is 0.951 bits per heavy atom. The summed E-state index contributed by atoms with van der Waals surface area (Å²) < 4.78 is 2.39. The van der Waals surface area contributed by atoms with Gasteiger partial charge >= 0.3 is 0 Å². The van der Waals surface area contributed by atoms with E-state index in [1.807, 2.05) is 6.20 Å². The fourth-order valence-electron chi connectivity index (χ4n) is 9.54. The molecule has 7 aromatic carbocycles. The van der Waals surface area contributed by atoms with Gasteiger partial charge in [-0.15, -0.1) is 0 Å². The van der Waals surface area contributed by atoms with Crippen LogP contribution >= 0.6 is 0 Å². The van der Waals surface area contributed by atoms with Crippen LogP contribution in [0.15, 0.2) is 194 Å². The Balaban J connectivity index is 1.20. The Labute approximate surface area is 361 Å². The number of nitrogens with zero attached hydrogens (tertiary/aromatic N) is 4. The zero-order chi connectivity index (χ0) is 41.9. The van der Waals surface area contributed by atoms with Crippen molar-refractivity contribution in [3.63, 3.8) is 0 Å². The second-order valence-corrected chi connectivity index (χ2v) is 22.4. The van der Waals surface area contributed by atoms with Crippen molar-refractivity contribution in [3.8, 4) is 5.82 Å². The molecular weight excluding hydrogens is 757 g/mol. The highest BCUT2D eigenvalue weighted by atomic mass is 28.3. The Morgan fingerprint density at radius 1 is 0.426 bits per heavy atom. The first-order valence-electron chi connectivity index (χ1n) is 21.5. The third-order valence-corrected chi connectivity index (χ3v) is 17.5. The van der Waals surface area contributed by atoms with E-state index >= 15 is 0 Å². The van der Waals surface area contributed by atoms with Gasteiger partial charge in [0.1, 0.15) is 12.5 Å². The lowest BCUT2D eigenvalue weighted by Gasteiger charge is -2.35. The Morgan fingerprint density at radius 3 is 1.61 bits per heavy atom. The van der Waals surface area contributed by atoms with Gasteiger partial charge in [-0.25, -0.2) is 4.98 Å². The lowest BCUT2D eigenvalue weighted by atomic mass is 9.87. The van der Waals surface area contributed by atoms with E-state index in [0.717, 1.165) is 11.3 Å². The van der Waals surface area contributed by atoms with E-state index in [-0.39, 0.29) is 10.8 Å². The topological polar surface area (TPSA) is 24.3 Å². The van der Waals surface area contributed by atoms with Crippen molar-refractivity contribution in [1.82, 2.24) is 9.55 Å². The summed E-state index contributed by atoms with van der Waals surface area (Å²) in [4.78, 5) is 10.0. The number of rotatable bonds is 7. The highest BCUT2D eigenvalue weighted by Gasteiger charge is 2.42. The van der Waals surface area contributed by atoms with Crippen molar-refractivity contribution < 1.29 is 0 Å². The van der Waals surface area contributed by atoms with E-state index in [1.165, 1.54) is 70.9 Å². The molecule has 0 saturated carbocycles. The van der Waals surface area contributed by atoms with Crippen LogP contribution in [0.5, 0.6) is 0 Å². The van der Waals surface area contributed by atoms with Crippen LogP contribution in [0.2, 0.25) is 0 Å². The molecule has 3 heterocycles. The molecule has 0 spiro atoms. The number of hydrogen-bond donors (Lipinski definition) is 0. The van der Waals surface area contributed by atoms with Crippen LogP contribution in [0.4, 0.5) is 22.7 Å². The van der Waals surface area contributed by atoms with E-state index in [9.17, 15) is 0 Å². The van der Waals surface area contributed by atoms with Crippen molar-refractivity contribution in [2.75, 3.05) is 16.5 Å². The molecule has 300 valence electrons. The predicted molar refractivity (Wildman–Crippen MR) is 262 cm³/mol. The number of aromatic nitrogens is 2. The van der Waals surface area contributed by atoms with Crippen LogP contribution in [0.3, 0.4) is 0 Å². The minimum atomic E-state index is -2.99. The predicted octanol–water partition coefficient (Wildman–Crippen LogP) is 11.4. The average Bonchev–Trinajstić information content (AvgIpc) is 3.83. The van der Waals surface area contributed by atoms with Gasteiger partial charge in [-0.05, 0) is 103 Å². The van der Waals surface area contributed by atoms with Gasteiger partial charge in [0.05, 0.1) is 22.4 Å². The van der Waals surface area contributed by atoms with Crippen molar-refractivity contribution >= 4 is 73.4 Å². The normalized spacial score (nSPS) is 13.3. The van der Waals surface area contributed by atoms with Gasteiger partial charge in [0, 0.05) is 28.3 Å². The largest absolute Gasteiger partial charge is 0.321 e. The number of pyridine rings is 1. The molecule has 61 heavy (non-hydrogen) atoms. The zero-order valence-electron chi connectivity index (χ0n) is 36.0. The molecule has 0 atom stereocenters. The monoisotopic (exact) mass is 808 g/mol. The van der Waals surface area contributed by atoms with E-state index < -0.39 is 8.07 Å². The summed E-state index contributed by atoms with van der Waals surface area (Å²) in [5.41, 5.74) is 9.78. The molecule has 2 aromatic heterocycles. The maximum absolute atomic E-state index is 5.05. The van der Waals surface area contributed by atoms with Crippen molar-refractivity contribution in [3.05, 3.63) is 205 Å². The third-order valence-electron chi connectivity index (χ3n) is 12.7. The molecule has 1 aliphatic rings. The summed E-state index contributed by atoms with van der Waals surface area (Å²) in [5.74, 6) is 0.940. The molecule has 0 aliphatic carbocycles. The minimum Gasteiger partial charge on any atom is -0.321 e. The van der Waals surface area contributed by atoms with Gasteiger partial charge in [-0.1, -0.05) is 169 Å². The van der Waals surface area contributed by atoms with Gasteiger partial charge in [0.25, 0.3) is 0 Å². The quantitative estimate of drug-likeness (QED) is 0.118. The second kappa shape index (κ2) is 14.8. The van der Waals surface area contributed by atoms with Crippen LogP contribution in [0.1, 0.15) is 52.7 Å². The lowest BCUT2D eigenvalue weighted by Crippen LogP contribution is -2.74. The molecule has 9 aromatic rings. The SMILES string of the molecule is CC(C)(C)c1cccc(N2CN(c3cccc([Si](c4ccccc4)(c4ccccc4)c4ccc5c6ccccc6n(-c6cc(C(C)(C)C)ccn6)c5c4)c3)c3ccccc32)c1. The molecule has 0 bridgehead atoms. The molecular formula is C56H52N4Si. The Kier molecular flexibility index (Phi) is 9.34. The third kappa shape index (κ3) is 6.56. The van der Waals surface area contributed by atoms with Crippen LogP contribution in [0, 0.1) is 0 Å². The Bertz CT molecular complexity index is 3010. The molecule has 0 fully saturated rings. The molecule has 10 rings (SSSR count). The van der Waals surface area contributed by atoms with Gasteiger partial charge < -0.3 is 9.80 Å². The summed E-state index contributed by atoms with van der Waals surface area (Å²) in [6, 6.07) is 70.4. The molecule has 4 nitrogen and oxygen atoms in total. The van der Waals surface area contributed by atoms with E-state index in [2.05, 4.69) is 244 Å². The number of hydrogen-bond acceptors (Lipinski definition) is 3. The van der Waals surface area contributed by atoms with Crippen molar-refractivity contribution in [2.24, 2.45) is 0 Å². The summed E-state index contributed by atoms with van der Waals surface area (Å²) in [6.07, 6.45) is 1.97. The van der Waals surface area contributed by atoms with Crippen LogP contribution in [-0.4, -0.2) is 24.3 Å². The second-order valence-electron chi connectivity index (χ2n) is 18.6. The molecule has 5 heteroatoms. The number of fused-ring (bicyclic) bond motifs is 4. The standard InChI is InChI=1S/C56H52N4Si/c1-55(2,3)40-19-17-20-42(35-40)58-39-59(52-30-16-15-29-51(52)58)43-21-18-26-46(37-43)61(44-22-9-7-10-23-44,45-24-11-8-12-25-45)47-31-32-49-48-27-13-14-28-50(48)60(53(49)38-47)54-36-41(33-34-57-54)56(4,5)6/h7-38H,39H2,1-6H3. The Hall–Kier alpha value is -6.69. The van der Waals surface area contributed by atoms with Gasteiger partial charge in [0.15, 0.2) is 8.07 Å². The van der Waals surface area contributed by atoms with Crippen molar-refractivity contribution in [2.45, 2.75) is 52.4 Å². The molecule has 0 N–H and O–H groups in total. The molecule has 1 aliphatic heterocycles. The summed E-state index contributed by atoms with van der Waals surface area (Å²) in [7, 11) is -2.99.